The van der Waals surface area contributed by atoms with Gasteiger partial charge in [-0.2, -0.15) is 0 Å². The van der Waals surface area contributed by atoms with E-state index in [1.807, 2.05) is 30.5 Å². The second-order valence-corrected chi connectivity index (χ2v) is 13.2. The number of anilines is 1. The molecule has 0 spiro atoms. The Morgan fingerprint density at radius 2 is 2.12 bits per heavy atom. The topological polar surface area (TPSA) is 83.3 Å². The van der Waals surface area contributed by atoms with Crippen molar-refractivity contribution in [3.63, 3.8) is 0 Å². The number of carbonyl (C=O) groups excluding carboxylic acids is 1. The zero-order valence-electron chi connectivity index (χ0n) is 22.6. The van der Waals surface area contributed by atoms with Crippen LogP contribution in [0.5, 0.6) is 0 Å². The Morgan fingerprint density at radius 3 is 2.88 bits per heavy atom. The lowest BCUT2D eigenvalue weighted by Gasteiger charge is -2.39. The van der Waals surface area contributed by atoms with Crippen molar-refractivity contribution in [3.05, 3.63) is 56.9 Å². The van der Waals surface area contributed by atoms with Gasteiger partial charge in [-0.25, -0.2) is 4.98 Å². The van der Waals surface area contributed by atoms with Crippen LogP contribution in [0.1, 0.15) is 85.2 Å². The van der Waals surface area contributed by atoms with E-state index in [0.717, 1.165) is 94.5 Å². The Labute approximate surface area is 252 Å². The summed E-state index contributed by atoms with van der Waals surface area (Å²) in [6.07, 6.45) is 10.8. The van der Waals surface area contributed by atoms with Crippen molar-refractivity contribution >= 4 is 73.3 Å². The average Bonchev–Trinajstić information content (AvgIpc) is 3.58. The van der Waals surface area contributed by atoms with Gasteiger partial charge < -0.3 is 14.7 Å². The molecule has 0 radical (unpaired) electrons. The number of rotatable bonds is 9. The average molecular weight is 619 g/mol. The second-order valence-electron chi connectivity index (χ2n) is 10.7. The molecule has 3 aliphatic rings. The molecule has 11 heteroatoms. The maximum Gasteiger partial charge on any atom is 0.261 e. The number of amides is 1. The molecule has 2 fully saturated rings. The number of hydrogen-bond acceptors (Lipinski definition) is 8. The lowest BCUT2D eigenvalue weighted by atomic mass is 9.94. The van der Waals surface area contributed by atoms with Crippen LogP contribution in [0, 0.1) is 0 Å². The van der Waals surface area contributed by atoms with Crippen LogP contribution in [0.4, 0.5) is 5.13 Å². The number of allylic oxidation sites excluding steroid dienone is 4. The van der Waals surface area contributed by atoms with E-state index < -0.39 is 0 Å². The van der Waals surface area contributed by atoms with Crippen molar-refractivity contribution in [1.29, 1.82) is 0 Å². The summed E-state index contributed by atoms with van der Waals surface area (Å²) >= 11 is 16.2. The summed E-state index contributed by atoms with van der Waals surface area (Å²) in [7, 11) is 0. The van der Waals surface area contributed by atoms with E-state index in [0.29, 0.717) is 35.1 Å². The highest BCUT2D eigenvalue weighted by atomic mass is 35.5. The largest absolute Gasteiger partial charge is 0.360 e. The molecule has 1 saturated heterocycles. The van der Waals surface area contributed by atoms with Gasteiger partial charge in [0.15, 0.2) is 5.13 Å². The van der Waals surface area contributed by atoms with Gasteiger partial charge >= 0.3 is 0 Å². The number of nitrogens with one attached hydrogen (secondary N) is 2. The summed E-state index contributed by atoms with van der Waals surface area (Å²) in [6.45, 7) is 3.85. The minimum Gasteiger partial charge on any atom is -0.360 e. The highest BCUT2D eigenvalue weighted by Gasteiger charge is 2.35. The number of benzene rings is 1. The van der Waals surface area contributed by atoms with Crippen LogP contribution in [0.15, 0.2) is 38.9 Å². The Morgan fingerprint density at radius 1 is 1.27 bits per heavy atom. The number of nitrogens with zero attached hydrogens (tertiary/aromatic N) is 3. The number of piperidine rings is 1. The molecule has 0 bridgehead atoms. The molecule has 3 aromatic rings. The van der Waals surface area contributed by atoms with Crippen molar-refractivity contribution in [2.45, 2.75) is 76.4 Å². The fraction of sp³-hybridized carbons (Fsp3) is 0.483. The van der Waals surface area contributed by atoms with Gasteiger partial charge in [0.25, 0.3) is 5.91 Å². The third-order valence-electron chi connectivity index (χ3n) is 8.04. The fourth-order valence-electron chi connectivity index (χ4n) is 5.73. The smallest absolute Gasteiger partial charge is 0.261 e. The highest BCUT2D eigenvalue weighted by Crippen LogP contribution is 2.46. The predicted octanol–water partition coefficient (Wildman–Crippen LogP) is 7.57. The summed E-state index contributed by atoms with van der Waals surface area (Å²) in [4.78, 5) is 19.7. The summed E-state index contributed by atoms with van der Waals surface area (Å²) in [5.41, 5.74) is 4.32. The van der Waals surface area contributed by atoms with Crippen LogP contribution < -0.4 is 14.9 Å². The molecule has 1 saturated carbocycles. The lowest BCUT2D eigenvalue weighted by molar-refractivity contribution is 0.0984. The SMILES string of the molecule is CCC1CC(NCc2c(C3=C(Cl)CCC=C3Cl)noc2C2CC2)CCN1c1nc2ccc(C(=O)NSC)cc2s1. The molecule has 40 heavy (non-hydrogen) atoms. The van der Waals surface area contributed by atoms with Gasteiger partial charge in [-0.05, 0) is 63.1 Å². The van der Waals surface area contributed by atoms with Crippen LogP contribution in [0.25, 0.3) is 15.8 Å². The quantitative estimate of drug-likeness (QED) is 0.239. The molecular weight excluding hydrogens is 585 g/mol. The molecular formula is C29H33Cl2N5O2S2. The normalized spacial score (nSPS) is 21.7. The first-order valence-corrected chi connectivity index (χ1v) is 16.7. The van der Waals surface area contributed by atoms with Crippen LogP contribution >= 0.6 is 46.5 Å². The number of thiazole rings is 1. The van der Waals surface area contributed by atoms with E-state index in [2.05, 4.69) is 27.0 Å². The summed E-state index contributed by atoms with van der Waals surface area (Å²) < 4.78 is 9.71. The molecule has 1 amide bonds. The number of aromatic nitrogens is 2. The Balaban J connectivity index is 1.16. The van der Waals surface area contributed by atoms with Crippen molar-refractivity contribution < 1.29 is 9.32 Å². The van der Waals surface area contributed by atoms with Gasteiger partial charge in [-0.1, -0.05) is 64.6 Å². The van der Waals surface area contributed by atoms with E-state index >= 15 is 0 Å². The molecule has 6 rings (SSSR count). The predicted molar refractivity (Wildman–Crippen MR) is 166 cm³/mol. The van der Waals surface area contributed by atoms with E-state index in [-0.39, 0.29) is 5.91 Å². The Hall–Kier alpha value is -2.04. The highest BCUT2D eigenvalue weighted by molar-refractivity contribution is 7.97. The molecule has 2 unspecified atom stereocenters. The standard InChI is InChI=1S/C29H33Cl2N5O2S2/c1-3-19-14-18(11-12-36(19)29-33-23-10-9-17(13-24(23)40-29)28(37)35-39-2)32-15-20-26(34-38-27(20)16-7-8-16)25-21(30)5-4-6-22(25)31/h5,9-10,13,16,18-19,32H,3-4,6-8,11-12,14-15H2,1-2H3,(H,35,37). The molecule has 1 aliphatic heterocycles. The van der Waals surface area contributed by atoms with Gasteiger partial charge in [0, 0.05) is 64.1 Å². The summed E-state index contributed by atoms with van der Waals surface area (Å²) in [5, 5.41) is 10.8. The molecule has 3 heterocycles. The van der Waals surface area contributed by atoms with Crippen LogP contribution in [-0.2, 0) is 6.54 Å². The zero-order valence-corrected chi connectivity index (χ0v) is 25.8. The molecule has 2 N–H and O–H groups in total. The van der Waals surface area contributed by atoms with Crippen LogP contribution in [0.2, 0.25) is 0 Å². The van der Waals surface area contributed by atoms with Crippen LogP contribution in [-0.4, -0.2) is 40.9 Å². The van der Waals surface area contributed by atoms with Gasteiger partial charge in [-0.3, -0.25) is 9.52 Å². The minimum atomic E-state index is -0.0798. The van der Waals surface area contributed by atoms with E-state index in [9.17, 15) is 4.79 Å². The summed E-state index contributed by atoms with van der Waals surface area (Å²) in [6, 6.07) is 6.49. The number of carbonyl (C=O) groups is 1. The Kier molecular flexibility index (Phi) is 8.47. The van der Waals surface area contributed by atoms with Crippen molar-refractivity contribution in [2.75, 3.05) is 17.7 Å². The summed E-state index contributed by atoms with van der Waals surface area (Å²) in [5.74, 6) is 1.35. The van der Waals surface area contributed by atoms with Crippen molar-refractivity contribution in [2.24, 2.45) is 0 Å². The van der Waals surface area contributed by atoms with E-state index in [1.165, 1.54) is 11.9 Å². The maximum absolute atomic E-state index is 12.3. The third-order valence-corrected chi connectivity index (χ3v) is 10.2. The molecule has 2 atom stereocenters. The van der Waals surface area contributed by atoms with E-state index in [4.69, 9.17) is 32.7 Å². The maximum atomic E-state index is 12.3. The Bertz CT molecular complexity index is 1480. The molecule has 2 aliphatic carbocycles. The first-order chi connectivity index (χ1) is 19.5. The second kappa shape index (κ2) is 12.1. The fourth-order valence-corrected chi connectivity index (χ4v) is 7.80. The molecule has 1 aromatic carbocycles. The number of hydrogen-bond donors (Lipinski definition) is 2. The monoisotopic (exact) mass is 617 g/mol. The number of fused-ring (bicyclic) bond motifs is 1. The first-order valence-electron chi connectivity index (χ1n) is 13.9. The lowest BCUT2D eigenvalue weighted by Crippen LogP contribution is -2.48. The van der Waals surface area contributed by atoms with Gasteiger partial charge in [-0.15, -0.1) is 0 Å². The molecule has 2 aromatic heterocycles. The van der Waals surface area contributed by atoms with Crippen molar-refractivity contribution in [1.82, 2.24) is 20.2 Å². The third kappa shape index (κ3) is 5.68. The van der Waals surface area contributed by atoms with Crippen molar-refractivity contribution in [3.8, 4) is 0 Å². The van der Waals surface area contributed by atoms with Gasteiger partial charge in [0.05, 0.1) is 10.2 Å². The number of halogens is 2. The first kappa shape index (κ1) is 28.1. The van der Waals surface area contributed by atoms with Gasteiger partial charge in [0.2, 0.25) is 0 Å². The molecule has 7 nitrogen and oxygen atoms in total. The van der Waals surface area contributed by atoms with E-state index in [1.54, 1.807) is 11.3 Å². The minimum absolute atomic E-state index is 0.0798. The zero-order chi connectivity index (χ0) is 27.8. The van der Waals surface area contributed by atoms with Crippen LogP contribution in [0.3, 0.4) is 0 Å². The molecule has 212 valence electrons. The van der Waals surface area contributed by atoms with Gasteiger partial charge in [0.1, 0.15) is 11.5 Å².